The number of amides is 1. The summed E-state index contributed by atoms with van der Waals surface area (Å²) in [6, 6.07) is 20.9. The van der Waals surface area contributed by atoms with E-state index in [4.69, 9.17) is 9.47 Å². The van der Waals surface area contributed by atoms with Gasteiger partial charge in [-0.1, -0.05) is 42.5 Å². The van der Waals surface area contributed by atoms with Crippen LogP contribution in [0.4, 0.5) is 4.39 Å². The molecule has 1 N–H and O–H groups in total. The zero-order chi connectivity index (χ0) is 20.5. The minimum absolute atomic E-state index is 0.196. The third-order valence-electron chi connectivity index (χ3n) is 4.11. The number of carbonyl (C=O) groups is 1. The fourth-order valence-corrected chi connectivity index (χ4v) is 2.63. The Morgan fingerprint density at radius 2 is 1.76 bits per heavy atom. The molecule has 0 fully saturated rings. The van der Waals surface area contributed by atoms with E-state index >= 15 is 0 Å². The van der Waals surface area contributed by atoms with Crippen molar-refractivity contribution in [3.63, 3.8) is 0 Å². The second-order valence-electron chi connectivity index (χ2n) is 6.28. The van der Waals surface area contributed by atoms with Crippen LogP contribution in [0.1, 0.15) is 16.7 Å². The third-order valence-corrected chi connectivity index (χ3v) is 4.11. The number of rotatable bonds is 8. The highest BCUT2D eigenvalue weighted by Crippen LogP contribution is 2.28. The van der Waals surface area contributed by atoms with Gasteiger partial charge in [-0.05, 0) is 47.0 Å². The fourth-order valence-electron chi connectivity index (χ4n) is 2.63. The van der Waals surface area contributed by atoms with Crippen molar-refractivity contribution >= 4 is 12.1 Å². The van der Waals surface area contributed by atoms with Crippen molar-refractivity contribution in [3.05, 3.63) is 95.3 Å². The van der Waals surface area contributed by atoms with Crippen molar-refractivity contribution < 1.29 is 18.7 Å². The lowest BCUT2D eigenvalue weighted by atomic mass is 10.1. The monoisotopic (exact) mass is 392 g/mol. The van der Waals surface area contributed by atoms with Crippen molar-refractivity contribution in [1.82, 2.24) is 5.43 Å². The number of hydrazone groups is 1. The maximum absolute atomic E-state index is 13.0. The maximum Gasteiger partial charge on any atom is 0.244 e. The molecule has 0 bridgehead atoms. The number of carbonyl (C=O) groups excluding carboxylic acids is 1. The largest absolute Gasteiger partial charge is 0.493 e. The average Bonchev–Trinajstić information content (AvgIpc) is 2.74. The molecule has 29 heavy (non-hydrogen) atoms. The number of benzene rings is 3. The SMILES string of the molecule is COc1cc(C=NNC(=O)Cc2ccccc2)ccc1OCc1ccc(F)cc1. The van der Waals surface area contributed by atoms with Gasteiger partial charge in [0.15, 0.2) is 11.5 Å². The molecule has 3 aromatic rings. The molecule has 0 radical (unpaired) electrons. The summed E-state index contributed by atoms with van der Waals surface area (Å²) in [6.07, 6.45) is 1.80. The summed E-state index contributed by atoms with van der Waals surface area (Å²) in [5.41, 5.74) is 5.03. The van der Waals surface area contributed by atoms with Crippen LogP contribution in [0.3, 0.4) is 0 Å². The summed E-state index contributed by atoms with van der Waals surface area (Å²) < 4.78 is 24.1. The minimum atomic E-state index is -0.286. The summed E-state index contributed by atoms with van der Waals surface area (Å²) in [5.74, 6) is 0.609. The molecule has 0 spiro atoms. The van der Waals surface area contributed by atoms with Crippen molar-refractivity contribution in [2.24, 2.45) is 5.10 Å². The molecule has 0 saturated carbocycles. The molecule has 0 heterocycles. The van der Waals surface area contributed by atoms with E-state index in [0.29, 0.717) is 18.1 Å². The van der Waals surface area contributed by atoms with E-state index in [9.17, 15) is 9.18 Å². The predicted molar refractivity (Wildman–Crippen MR) is 110 cm³/mol. The molecule has 0 unspecified atom stereocenters. The van der Waals surface area contributed by atoms with Crippen molar-refractivity contribution in [2.75, 3.05) is 7.11 Å². The Balaban J connectivity index is 1.56. The van der Waals surface area contributed by atoms with Crippen LogP contribution >= 0.6 is 0 Å². The molecule has 3 aromatic carbocycles. The predicted octanol–water partition coefficient (Wildman–Crippen LogP) is 4.11. The van der Waals surface area contributed by atoms with E-state index in [1.807, 2.05) is 30.3 Å². The Kier molecular flexibility index (Phi) is 6.95. The van der Waals surface area contributed by atoms with Crippen LogP contribution in [0.25, 0.3) is 0 Å². The minimum Gasteiger partial charge on any atom is -0.493 e. The van der Waals surface area contributed by atoms with Crippen LogP contribution in [0.15, 0.2) is 77.9 Å². The molecular formula is C23H21FN2O3. The van der Waals surface area contributed by atoms with Crippen LogP contribution in [0.5, 0.6) is 11.5 Å². The lowest BCUT2D eigenvalue weighted by Gasteiger charge is -2.11. The zero-order valence-electron chi connectivity index (χ0n) is 16.0. The second kappa shape index (κ2) is 10.0. The van der Waals surface area contributed by atoms with Crippen molar-refractivity contribution in [3.8, 4) is 11.5 Å². The van der Waals surface area contributed by atoms with Gasteiger partial charge in [-0.2, -0.15) is 5.10 Å². The van der Waals surface area contributed by atoms with E-state index in [0.717, 1.165) is 16.7 Å². The van der Waals surface area contributed by atoms with E-state index in [1.165, 1.54) is 18.3 Å². The summed E-state index contributed by atoms with van der Waals surface area (Å²) in [7, 11) is 1.54. The first-order valence-corrected chi connectivity index (χ1v) is 9.05. The molecule has 0 saturated heterocycles. The van der Waals surface area contributed by atoms with Gasteiger partial charge in [0, 0.05) is 0 Å². The molecular weight excluding hydrogens is 371 g/mol. The highest BCUT2D eigenvalue weighted by atomic mass is 19.1. The van der Waals surface area contributed by atoms with Crippen molar-refractivity contribution in [2.45, 2.75) is 13.0 Å². The maximum atomic E-state index is 13.0. The van der Waals surface area contributed by atoms with Gasteiger partial charge in [-0.15, -0.1) is 0 Å². The van der Waals surface area contributed by atoms with Gasteiger partial charge in [0.05, 0.1) is 19.7 Å². The highest BCUT2D eigenvalue weighted by molar-refractivity contribution is 5.84. The summed E-state index contributed by atoms with van der Waals surface area (Å²) in [5, 5.41) is 3.99. The Hall–Kier alpha value is -3.67. The lowest BCUT2D eigenvalue weighted by Crippen LogP contribution is -2.19. The van der Waals surface area contributed by atoms with Crippen LogP contribution in [-0.2, 0) is 17.8 Å². The quantitative estimate of drug-likeness (QED) is 0.464. The molecule has 0 aromatic heterocycles. The van der Waals surface area contributed by atoms with E-state index in [2.05, 4.69) is 10.5 Å². The van der Waals surface area contributed by atoms with Gasteiger partial charge >= 0.3 is 0 Å². The highest BCUT2D eigenvalue weighted by Gasteiger charge is 2.06. The lowest BCUT2D eigenvalue weighted by molar-refractivity contribution is -0.120. The third kappa shape index (κ3) is 6.17. The number of halogens is 1. The Morgan fingerprint density at radius 3 is 2.48 bits per heavy atom. The van der Waals surface area contributed by atoms with Crippen LogP contribution in [0, 0.1) is 5.82 Å². The van der Waals surface area contributed by atoms with Crippen LogP contribution in [0.2, 0.25) is 0 Å². The van der Waals surface area contributed by atoms with Gasteiger partial charge < -0.3 is 9.47 Å². The van der Waals surface area contributed by atoms with Crippen molar-refractivity contribution in [1.29, 1.82) is 0 Å². The fraction of sp³-hybridized carbons (Fsp3) is 0.130. The number of ether oxygens (including phenoxy) is 2. The zero-order valence-corrected chi connectivity index (χ0v) is 16.0. The number of nitrogens with one attached hydrogen (secondary N) is 1. The molecule has 5 nitrogen and oxygen atoms in total. The molecule has 0 aliphatic rings. The first-order valence-electron chi connectivity index (χ1n) is 9.05. The number of nitrogens with zero attached hydrogens (tertiary/aromatic N) is 1. The molecule has 0 aliphatic carbocycles. The molecule has 6 heteroatoms. The first-order chi connectivity index (χ1) is 14.1. The standard InChI is InChI=1S/C23H21FN2O3/c1-28-22-13-19(15-25-26-23(27)14-17-5-3-2-4-6-17)9-12-21(22)29-16-18-7-10-20(24)11-8-18/h2-13,15H,14,16H2,1H3,(H,26,27). The van der Waals surface area contributed by atoms with E-state index in [-0.39, 0.29) is 18.1 Å². The smallest absolute Gasteiger partial charge is 0.244 e. The second-order valence-corrected chi connectivity index (χ2v) is 6.28. The molecule has 0 atom stereocenters. The molecule has 0 aliphatic heterocycles. The normalized spacial score (nSPS) is 10.7. The molecule has 148 valence electrons. The number of hydrogen-bond acceptors (Lipinski definition) is 4. The number of hydrogen-bond donors (Lipinski definition) is 1. The Labute approximate surface area is 168 Å². The van der Waals surface area contributed by atoms with Gasteiger partial charge in [0.2, 0.25) is 5.91 Å². The topological polar surface area (TPSA) is 59.9 Å². The molecule has 3 rings (SSSR count). The van der Waals surface area contributed by atoms with E-state index in [1.54, 1.807) is 37.4 Å². The van der Waals surface area contributed by atoms with Gasteiger partial charge in [-0.3, -0.25) is 4.79 Å². The van der Waals surface area contributed by atoms with Crippen LogP contribution < -0.4 is 14.9 Å². The number of methoxy groups -OCH3 is 1. The Morgan fingerprint density at radius 1 is 1.00 bits per heavy atom. The summed E-state index contributed by atoms with van der Waals surface area (Å²) in [4.78, 5) is 11.9. The van der Waals surface area contributed by atoms with Crippen LogP contribution in [-0.4, -0.2) is 19.2 Å². The first kappa shape index (κ1) is 20.1. The van der Waals surface area contributed by atoms with E-state index < -0.39 is 0 Å². The van der Waals surface area contributed by atoms with Gasteiger partial charge in [0.1, 0.15) is 12.4 Å². The van der Waals surface area contributed by atoms with Gasteiger partial charge in [0.25, 0.3) is 0 Å². The Bertz CT molecular complexity index is 973. The summed E-state index contributed by atoms with van der Waals surface area (Å²) in [6.45, 7) is 0.291. The van der Waals surface area contributed by atoms with Gasteiger partial charge in [-0.25, -0.2) is 9.82 Å². The summed E-state index contributed by atoms with van der Waals surface area (Å²) >= 11 is 0. The average molecular weight is 392 g/mol. The molecule has 1 amide bonds.